The largest absolute Gasteiger partial charge is 0.310 e. The molecule has 0 unspecified atom stereocenters. The summed E-state index contributed by atoms with van der Waals surface area (Å²) >= 11 is 0. The molecule has 1 aromatic rings. The minimum absolute atomic E-state index is 0.431. The second-order valence-electron chi connectivity index (χ2n) is 4.77. The van der Waals surface area contributed by atoms with E-state index in [0.29, 0.717) is 13.1 Å². The summed E-state index contributed by atoms with van der Waals surface area (Å²) < 4.78 is 24.2. The van der Waals surface area contributed by atoms with Gasteiger partial charge >= 0.3 is 0 Å². The van der Waals surface area contributed by atoms with Gasteiger partial charge in [-0.25, -0.2) is 8.42 Å². The molecule has 17 heavy (non-hydrogen) atoms. The van der Waals surface area contributed by atoms with E-state index in [1.165, 1.54) is 6.26 Å². The lowest BCUT2D eigenvalue weighted by Gasteiger charge is -2.22. The van der Waals surface area contributed by atoms with Crippen molar-refractivity contribution in [2.75, 3.05) is 12.8 Å². The predicted molar refractivity (Wildman–Crippen MR) is 68.5 cm³/mol. The van der Waals surface area contributed by atoms with E-state index in [9.17, 15) is 8.42 Å². The molecule has 0 aliphatic heterocycles. The van der Waals surface area contributed by atoms with Gasteiger partial charge in [0.2, 0.25) is 0 Å². The van der Waals surface area contributed by atoms with E-state index in [1.807, 2.05) is 17.7 Å². The molecule has 1 N–H and O–H groups in total. The first kappa shape index (κ1) is 14.2. The van der Waals surface area contributed by atoms with Gasteiger partial charge in [0.15, 0.2) is 9.84 Å². The highest BCUT2D eigenvalue weighted by Gasteiger charge is 2.29. The summed E-state index contributed by atoms with van der Waals surface area (Å²) in [6.45, 7) is 7.36. The van der Waals surface area contributed by atoms with Crippen molar-refractivity contribution in [2.24, 2.45) is 0 Å². The molecule has 1 heterocycles. The Balaban J connectivity index is 2.54. The van der Waals surface area contributed by atoms with Gasteiger partial charge in [-0.15, -0.1) is 0 Å². The van der Waals surface area contributed by atoms with Crippen LogP contribution in [0.15, 0.2) is 12.3 Å². The molecule has 0 aliphatic carbocycles. The van der Waals surface area contributed by atoms with Crippen LogP contribution in [-0.4, -0.2) is 35.7 Å². The summed E-state index contributed by atoms with van der Waals surface area (Å²) in [6.07, 6.45) is 3.02. The molecule has 0 spiro atoms. The first-order valence-electron chi connectivity index (χ1n) is 5.69. The summed E-state index contributed by atoms with van der Waals surface area (Å²) in [5, 5.41) is 7.33. The number of sulfone groups is 1. The zero-order valence-electron chi connectivity index (χ0n) is 10.9. The van der Waals surface area contributed by atoms with Crippen molar-refractivity contribution >= 4 is 9.84 Å². The molecule has 1 aromatic heterocycles. The summed E-state index contributed by atoms with van der Waals surface area (Å²) in [7, 11) is -3.04. The molecular weight excluding hydrogens is 238 g/mol. The maximum absolute atomic E-state index is 11.5. The molecule has 0 saturated carbocycles. The van der Waals surface area contributed by atoms with Crippen LogP contribution in [-0.2, 0) is 22.9 Å². The van der Waals surface area contributed by atoms with Crippen molar-refractivity contribution in [3.63, 3.8) is 0 Å². The zero-order valence-corrected chi connectivity index (χ0v) is 11.7. The third-order valence-electron chi connectivity index (χ3n) is 2.96. The molecule has 6 heteroatoms. The molecule has 0 aromatic carbocycles. The van der Waals surface area contributed by atoms with Crippen LogP contribution >= 0.6 is 0 Å². The van der Waals surface area contributed by atoms with Crippen LogP contribution in [0.3, 0.4) is 0 Å². The van der Waals surface area contributed by atoms with Gasteiger partial charge in [-0.3, -0.25) is 4.68 Å². The minimum Gasteiger partial charge on any atom is -0.310 e. The molecule has 98 valence electrons. The standard InChI is InChI=1S/C11H21N3O2S/c1-5-14-10(6-7-13-14)8-12-9-11(2,3)17(4,15)16/h6-7,12H,5,8-9H2,1-4H3. The topological polar surface area (TPSA) is 64.0 Å². The molecule has 1 rings (SSSR count). The molecule has 0 saturated heterocycles. The Hall–Kier alpha value is -0.880. The highest BCUT2D eigenvalue weighted by Crippen LogP contribution is 2.13. The summed E-state index contributed by atoms with van der Waals surface area (Å²) in [6, 6.07) is 1.93. The molecule has 0 bridgehead atoms. The van der Waals surface area contributed by atoms with Crippen molar-refractivity contribution in [2.45, 2.75) is 38.6 Å². The van der Waals surface area contributed by atoms with Crippen molar-refractivity contribution < 1.29 is 8.42 Å². The molecule has 5 nitrogen and oxygen atoms in total. The fourth-order valence-electron chi connectivity index (χ4n) is 1.42. The van der Waals surface area contributed by atoms with Crippen molar-refractivity contribution in [1.29, 1.82) is 0 Å². The summed E-state index contributed by atoms with van der Waals surface area (Å²) in [5.41, 5.74) is 1.07. The van der Waals surface area contributed by atoms with Crippen molar-refractivity contribution in [1.82, 2.24) is 15.1 Å². The summed E-state index contributed by atoms with van der Waals surface area (Å²) in [5.74, 6) is 0. The average Bonchev–Trinajstić information content (AvgIpc) is 2.63. The third-order valence-corrected chi connectivity index (χ3v) is 5.12. The van der Waals surface area contributed by atoms with E-state index < -0.39 is 14.6 Å². The molecule has 0 aliphatic rings. The molecule has 0 atom stereocenters. The van der Waals surface area contributed by atoms with Crippen molar-refractivity contribution in [3.8, 4) is 0 Å². The van der Waals surface area contributed by atoms with Gasteiger partial charge in [0, 0.05) is 32.1 Å². The number of aryl methyl sites for hydroxylation is 1. The quantitative estimate of drug-likeness (QED) is 0.821. The molecule has 0 amide bonds. The van der Waals surface area contributed by atoms with Gasteiger partial charge in [-0.05, 0) is 26.8 Å². The maximum atomic E-state index is 11.5. The number of aromatic nitrogens is 2. The predicted octanol–water partition coefficient (Wildman–Crippen LogP) is 0.816. The Bertz CT molecular complexity index is 463. The Morgan fingerprint density at radius 3 is 2.65 bits per heavy atom. The lowest BCUT2D eigenvalue weighted by atomic mass is 10.2. The van der Waals surface area contributed by atoms with Crippen molar-refractivity contribution in [3.05, 3.63) is 18.0 Å². The number of hydrogen-bond acceptors (Lipinski definition) is 4. The van der Waals surface area contributed by atoms with E-state index in [2.05, 4.69) is 10.4 Å². The van der Waals surface area contributed by atoms with Crippen LogP contribution in [0.4, 0.5) is 0 Å². The van der Waals surface area contributed by atoms with Gasteiger partial charge in [-0.2, -0.15) is 5.10 Å². The van der Waals surface area contributed by atoms with Crippen LogP contribution in [0, 0.1) is 0 Å². The van der Waals surface area contributed by atoms with E-state index in [-0.39, 0.29) is 0 Å². The van der Waals surface area contributed by atoms with Gasteiger partial charge in [0.1, 0.15) is 0 Å². The fourth-order valence-corrected chi connectivity index (χ4v) is 1.78. The summed E-state index contributed by atoms with van der Waals surface area (Å²) in [4.78, 5) is 0. The normalized spacial score (nSPS) is 12.9. The Labute approximate surface area is 103 Å². The van der Waals surface area contributed by atoms with Gasteiger partial charge in [0.05, 0.1) is 10.4 Å². The van der Waals surface area contributed by atoms with Gasteiger partial charge in [0.25, 0.3) is 0 Å². The molecule has 0 radical (unpaired) electrons. The lowest BCUT2D eigenvalue weighted by Crippen LogP contribution is -2.41. The number of nitrogens with one attached hydrogen (secondary N) is 1. The van der Waals surface area contributed by atoms with Crippen LogP contribution in [0.2, 0.25) is 0 Å². The second kappa shape index (κ2) is 5.18. The Morgan fingerprint density at radius 1 is 1.47 bits per heavy atom. The highest BCUT2D eigenvalue weighted by molar-refractivity contribution is 7.92. The van der Waals surface area contributed by atoms with Gasteiger partial charge < -0.3 is 5.32 Å². The SMILES string of the molecule is CCn1nccc1CNCC(C)(C)S(C)(=O)=O. The number of hydrogen-bond donors (Lipinski definition) is 1. The maximum Gasteiger partial charge on any atom is 0.153 e. The molecular formula is C11H21N3O2S. The smallest absolute Gasteiger partial charge is 0.153 e. The van der Waals surface area contributed by atoms with Crippen LogP contribution < -0.4 is 5.32 Å². The van der Waals surface area contributed by atoms with Crippen LogP contribution in [0.25, 0.3) is 0 Å². The van der Waals surface area contributed by atoms with E-state index in [4.69, 9.17) is 0 Å². The Kier molecular flexibility index (Phi) is 4.32. The number of rotatable bonds is 6. The second-order valence-corrected chi connectivity index (χ2v) is 7.42. The fraction of sp³-hybridized carbons (Fsp3) is 0.727. The number of nitrogens with zero attached hydrogens (tertiary/aromatic N) is 2. The van der Waals surface area contributed by atoms with E-state index in [0.717, 1.165) is 12.2 Å². The van der Waals surface area contributed by atoms with Gasteiger partial charge in [-0.1, -0.05) is 0 Å². The zero-order chi connectivity index (χ0) is 13.1. The van der Waals surface area contributed by atoms with Crippen LogP contribution in [0.5, 0.6) is 0 Å². The Morgan fingerprint density at radius 2 is 2.12 bits per heavy atom. The van der Waals surface area contributed by atoms with E-state index in [1.54, 1.807) is 20.0 Å². The minimum atomic E-state index is -3.04. The third kappa shape index (κ3) is 3.54. The highest BCUT2D eigenvalue weighted by atomic mass is 32.2. The first-order chi connectivity index (χ1) is 7.78. The van der Waals surface area contributed by atoms with E-state index >= 15 is 0 Å². The van der Waals surface area contributed by atoms with Crippen LogP contribution in [0.1, 0.15) is 26.5 Å². The molecule has 0 fully saturated rings. The first-order valence-corrected chi connectivity index (χ1v) is 7.58. The lowest BCUT2D eigenvalue weighted by molar-refractivity contribution is 0.509. The average molecular weight is 259 g/mol. The monoisotopic (exact) mass is 259 g/mol.